The molecule has 0 bridgehead atoms. The van der Waals surface area contributed by atoms with Crippen molar-refractivity contribution in [2.24, 2.45) is 11.8 Å². The predicted molar refractivity (Wildman–Crippen MR) is 189 cm³/mol. The smallest absolute Gasteiger partial charge is 0.310 e. The number of aryl methyl sites for hydroxylation is 2. The first-order valence-corrected chi connectivity index (χ1v) is 17.5. The standard InChI is InChI=1S/2C20H28O5/c2*1-13(10-18(21)23-5)16-9-7-15-11-14(6-8-17(15)24-16)12-19(22)25-20(2,3)4/h2*6,8,11,13,16H,7,9-10,12H2,1-5H3/t13-,16+;13-,16-/m01/s1. The Kier molecular flexibility index (Phi) is 14.3. The SMILES string of the molecule is COC(=O)C[C@@H](C)[C@H]1CCc2cc(CC(=O)OC(C)(C)C)ccc2O1.COC(=O)C[C@H](C)[C@H]1CCc2cc(CC(=O)OC(C)(C)C)ccc2O1. The number of esters is 4. The van der Waals surface area contributed by atoms with E-state index in [0.29, 0.717) is 12.8 Å². The minimum atomic E-state index is -0.475. The maximum Gasteiger partial charge on any atom is 0.310 e. The van der Waals surface area contributed by atoms with Gasteiger partial charge in [-0.3, -0.25) is 19.2 Å². The van der Waals surface area contributed by atoms with Crippen LogP contribution in [0, 0.1) is 11.8 Å². The van der Waals surface area contributed by atoms with Crippen LogP contribution in [-0.2, 0) is 63.8 Å². The molecule has 0 fully saturated rings. The quantitative estimate of drug-likeness (QED) is 0.191. The molecule has 0 saturated carbocycles. The van der Waals surface area contributed by atoms with Crippen molar-refractivity contribution in [2.45, 2.75) is 130 Å². The third-order valence-corrected chi connectivity index (χ3v) is 8.44. The van der Waals surface area contributed by atoms with Crippen molar-refractivity contribution < 1.29 is 47.6 Å². The molecule has 4 rings (SSSR count). The lowest BCUT2D eigenvalue weighted by Crippen LogP contribution is -2.31. The molecule has 2 heterocycles. The Morgan fingerprint density at radius 1 is 0.640 bits per heavy atom. The molecule has 2 aromatic rings. The van der Waals surface area contributed by atoms with Crippen LogP contribution in [0.15, 0.2) is 36.4 Å². The van der Waals surface area contributed by atoms with Crippen molar-refractivity contribution in [3.63, 3.8) is 0 Å². The van der Waals surface area contributed by atoms with Gasteiger partial charge >= 0.3 is 23.9 Å². The minimum absolute atomic E-state index is 0.00306. The Morgan fingerprint density at radius 2 is 1.00 bits per heavy atom. The Morgan fingerprint density at radius 3 is 1.32 bits per heavy atom. The van der Waals surface area contributed by atoms with Gasteiger partial charge in [0, 0.05) is 11.8 Å². The highest BCUT2D eigenvalue weighted by molar-refractivity contribution is 5.74. The van der Waals surface area contributed by atoms with Gasteiger partial charge in [-0.05, 0) is 102 Å². The summed E-state index contributed by atoms with van der Waals surface area (Å²) in [6.45, 7) is 15.2. The van der Waals surface area contributed by atoms with Crippen LogP contribution in [0.2, 0.25) is 0 Å². The van der Waals surface area contributed by atoms with E-state index < -0.39 is 11.2 Å². The number of ether oxygens (including phenoxy) is 6. The second-order valence-electron chi connectivity index (χ2n) is 15.3. The fourth-order valence-electron chi connectivity index (χ4n) is 5.99. The van der Waals surface area contributed by atoms with Gasteiger partial charge < -0.3 is 28.4 Å². The molecule has 0 radical (unpaired) electrons. The lowest BCUT2D eigenvalue weighted by atomic mass is 9.91. The van der Waals surface area contributed by atoms with Gasteiger partial charge in [0.1, 0.15) is 34.9 Å². The monoisotopic (exact) mass is 696 g/mol. The van der Waals surface area contributed by atoms with Crippen molar-refractivity contribution in [2.75, 3.05) is 14.2 Å². The highest BCUT2D eigenvalue weighted by atomic mass is 16.6. The van der Waals surface area contributed by atoms with E-state index in [1.807, 2.05) is 91.8 Å². The van der Waals surface area contributed by atoms with Crippen molar-refractivity contribution in [3.05, 3.63) is 58.7 Å². The lowest BCUT2D eigenvalue weighted by molar-refractivity contribution is -0.155. The number of hydrogen-bond donors (Lipinski definition) is 0. The number of carbonyl (C=O) groups is 4. The first kappa shape index (κ1) is 40.4. The first-order chi connectivity index (χ1) is 23.3. The summed E-state index contributed by atoms with van der Waals surface area (Å²) in [5.74, 6) is 0.984. The topological polar surface area (TPSA) is 124 Å². The molecule has 50 heavy (non-hydrogen) atoms. The van der Waals surface area contributed by atoms with Crippen LogP contribution in [0.3, 0.4) is 0 Å². The highest BCUT2D eigenvalue weighted by Crippen LogP contribution is 2.33. The van der Waals surface area contributed by atoms with Crippen LogP contribution in [0.1, 0.15) is 103 Å². The number of hydrogen-bond acceptors (Lipinski definition) is 10. The number of rotatable bonds is 10. The summed E-state index contributed by atoms with van der Waals surface area (Å²) in [5, 5.41) is 0. The molecule has 276 valence electrons. The highest BCUT2D eigenvalue weighted by Gasteiger charge is 2.29. The van der Waals surface area contributed by atoms with Crippen molar-refractivity contribution in [1.29, 1.82) is 0 Å². The fourth-order valence-corrected chi connectivity index (χ4v) is 5.99. The molecule has 0 aromatic heterocycles. The summed E-state index contributed by atoms with van der Waals surface area (Å²) < 4.78 is 32.3. The van der Waals surface area contributed by atoms with E-state index in [0.717, 1.165) is 59.4 Å². The minimum Gasteiger partial charge on any atom is -0.490 e. The molecular weight excluding hydrogens is 640 g/mol. The summed E-state index contributed by atoms with van der Waals surface area (Å²) in [6.07, 6.45) is 4.66. The molecular formula is C40H56O10. The number of benzene rings is 2. The van der Waals surface area contributed by atoms with E-state index >= 15 is 0 Å². The van der Waals surface area contributed by atoms with Gasteiger partial charge in [0.05, 0.1) is 39.9 Å². The Labute approximate surface area is 297 Å². The number of carbonyl (C=O) groups excluding carboxylic acids is 4. The van der Waals surface area contributed by atoms with Gasteiger partial charge in [-0.25, -0.2) is 0 Å². The van der Waals surface area contributed by atoms with Gasteiger partial charge in [-0.1, -0.05) is 38.1 Å². The van der Waals surface area contributed by atoms with Crippen LogP contribution in [0.4, 0.5) is 0 Å². The Bertz CT molecular complexity index is 1370. The Balaban J connectivity index is 0.000000270. The maximum absolute atomic E-state index is 12.0. The molecule has 0 unspecified atom stereocenters. The molecule has 10 heteroatoms. The molecule has 0 spiro atoms. The zero-order valence-corrected chi connectivity index (χ0v) is 31.5. The largest absolute Gasteiger partial charge is 0.490 e. The molecule has 0 amide bonds. The number of methoxy groups -OCH3 is 2. The average Bonchev–Trinajstić information content (AvgIpc) is 3.02. The second-order valence-corrected chi connectivity index (χ2v) is 15.3. The average molecular weight is 697 g/mol. The Hall–Kier alpha value is -4.08. The van der Waals surface area contributed by atoms with E-state index in [-0.39, 0.29) is 60.8 Å². The molecule has 4 atom stereocenters. The van der Waals surface area contributed by atoms with E-state index in [9.17, 15) is 19.2 Å². The molecule has 2 aliphatic rings. The van der Waals surface area contributed by atoms with Crippen LogP contribution in [0.25, 0.3) is 0 Å². The third-order valence-electron chi connectivity index (χ3n) is 8.44. The van der Waals surface area contributed by atoms with Gasteiger partial charge in [0.25, 0.3) is 0 Å². The normalized spacial score (nSPS) is 17.9. The van der Waals surface area contributed by atoms with Crippen LogP contribution in [0.5, 0.6) is 11.5 Å². The molecule has 2 aromatic carbocycles. The zero-order chi connectivity index (χ0) is 37.2. The third kappa shape index (κ3) is 13.3. The van der Waals surface area contributed by atoms with Gasteiger partial charge in [0.15, 0.2) is 0 Å². The van der Waals surface area contributed by atoms with E-state index in [2.05, 4.69) is 0 Å². The second kappa shape index (κ2) is 17.7. The van der Waals surface area contributed by atoms with E-state index in [1.165, 1.54) is 14.2 Å². The van der Waals surface area contributed by atoms with E-state index in [1.54, 1.807) is 0 Å². The molecule has 10 nitrogen and oxygen atoms in total. The maximum atomic E-state index is 12.0. The van der Waals surface area contributed by atoms with Crippen molar-refractivity contribution >= 4 is 23.9 Å². The predicted octanol–water partition coefficient (Wildman–Crippen LogP) is 6.93. The van der Waals surface area contributed by atoms with Gasteiger partial charge in [-0.15, -0.1) is 0 Å². The molecule has 0 N–H and O–H groups in total. The summed E-state index contributed by atoms with van der Waals surface area (Å²) in [6, 6.07) is 11.6. The van der Waals surface area contributed by atoms with Gasteiger partial charge in [0.2, 0.25) is 0 Å². The van der Waals surface area contributed by atoms with Gasteiger partial charge in [-0.2, -0.15) is 0 Å². The van der Waals surface area contributed by atoms with Crippen LogP contribution < -0.4 is 9.47 Å². The van der Waals surface area contributed by atoms with Crippen molar-refractivity contribution in [1.82, 2.24) is 0 Å². The first-order valence-electron chi connectivity index (χ1n) is 17.5. The molecule has 0 saturated heterocycles. The van der Waals surface area contributed by atoms with Crippen LogP contribution in [-0.4, -0.2) is 61.5 Å². The summed E-state index contributed by atoms with van der Waals surface area (Å²) in [5.41, 5.74) is 3.11. The summed E-state index contributed by atoms with van der Waals surface area (Å²) in [7, 11) is 2.80. The summed E-state index contributed by atoms with van der Waals surface area (Å²) >= 11 is 0. The van der Waals surface area contributed by atoms with Crippen LogP contribution >= 0.6 is 0 Å². The molecule has 2 aliphatic heterocycles. The lowest BCUT2D eigenvalue weighted by Gasteiger charge is -2.30. The fraction of sp³-hybridized carbons (Fsp3) is 0.600. The van der Waals surface area contributed by atoms with Crippen molar-refractivity contribution in [3.8, 4) is 11.5 Å². The zero-order valence-electron chi connectivity index (χ0n) is 31.5. The molecule has 0 aliphatic carbocycles. The van der Waals surface area contributed by atoms with E-state index in [4.69, 9.17) is 28.4 Å². The summed E-state index contributed by atoms with van der Waals surface area (Å²) in [4.78, 5) is 46.8. The number of fused-ring (bicyclic) bond motifs is 2.